The smallest absolute Gasteiger partial charge is 0.337 e. The lowest BCUT2D eigenvalue weighted by Gasteiger charge is -2.08. The minimum atomic E-state index is -0.309. The van der Waals surface area contributed by atoms with Gasteiger partial charge in [0.1, 0.15) is 0 Å². The first kappa shape index (κ1) is 14.5. The maximum absolute atomic E-state index is 11.3. The highest BCUT2D eigenvalue weighted by Gasteiger charge is 2.06. The van der Waals surface area contributed by atoms with E-state index in [-0.39, 0.29) is 5.97 Å². The fourth-order valence-corrected chi connectivity index (χ4v) is 2.83. The molecule has 0 fully saturated rings. The Hall–Kier alpha value is -1.94. The standard InChI is InChI=1S/C16H17NO2S/c1-11-14(17)4-3-5-15(11)20-10-12-6-8-13(9-7-12)16(18)19-2/h3-9H,10,17H2,1-2H3. The summed E-state index contributed by atoms with van der Waals surface area (Å²) in [6.07, 6.45) is 0. The molecule has 0 saturated heterocycles. The Morgan fingerprint density at radius 2 is 1.90 bits per heavy atom. The predicted molar refractivity (Wildman–Crippen MR) is 82.9 cm³/mol. The molecule has 0 aliphatic rings. The van der Waals surface area contributed by atoms with Crippen molar-refractivity contribution in [3.05, 3.63) is 59.2 Å². The van der Waals surface area contributed by atoms with Gasteiger partial charge >= 0.3 is 5.97 Å². The van der Waals surface area contributed by atoms with Crippen molar-refractivity contribution in [3.8, 4) is 0 Å². The number of benzene rings is 2. The first-order valence-electron chi connectivity index (χ1n) is 6.27. The molecule has 4 heteroatoms. The quantitative estimate of drug-likeness (QED) is 0.530. The zero-order chi connectivity index (χ0) is 14.5. The van der Waals surface area contributed by atoms with Crippen LogP contribution in [0.2, 0.25) is 0 Å². The third-order valence-corrected chi connectivity index (χ3v) is 4.33. The molecule has 2 N–H and O–H groups in total. The molecule has 0 unspecified atom stereocenters. The lowest BCUT2D eigenvalue weighted by Crippen LogP contribution is -2.00. The summed E-state index contributed by atoms with van der Waals surface area (Å²) in [4.78, 5) is 12.5. The molecule has 3 nitrogen and oxygen atoms in total. The summed E-state index contributed by atoms with van der Waals surface area (Å²) in [6.45, 7) is 2.03. The van der Waals surface area contributed by atoms with E-state index < -0.39 is 0 Å². The molecule has 2 aromatic rings. The second kappa shape index (κ2) is 6.48. The van der Waals surface area contributed by atoms with E-state index in [9.17, 15) is 4.79 Å². The van der Waals surface area contributed by atoms with Gasteiger partial charge in [0.25, 0.3) is 0 Å². The normalized spacial score (nSPS) is 10.3. The Bertz CT molecular complexity index is 608. The van der Waals surface area contributed by atoms with E-state index in [0.717, 1.165) is 22.6 Å². The average Bonchev–Trinajstić information content (AvgIpc) is 2.48. The first-order chi connectivity index (χ1) is 9.61. The van der Waals surface area contributed by atoms with Gasteiger partial charge in [-0.15, -0.1) is 11.8 Å². The molecule has 2 rings (SSSR count). The van der Waals surface area contributed by atoms with Crippen molar-refractivity contribution in [3.63, 3.8) is 0 Å². The van der Waals surface area contributed by atoms with Crippen LogP contribution in [0, 0.1) is 6.92 Å². The second-order valence-electron chi connectivity index (χ2n) is 4.45. The van der Waals surface area contributed by atoms with Crippen LogP contribution < -0.4 is 5.73 Å². The third-order valence-electron chi connectivity index (χ3n) is 3.10. The molecule has 0 heterocycles. The van der Waals surface area contributed by atoms with Crippen LogP contribution in [0.15, 0.2) is 47.4 Å². The van der Waals surface area contributed by atoms with Crippen molar-refractivity contribution in [1.29, 1.82) is 0 Å². The monoisotopic (exact) mass is 287 g/mol. The molecule has 0 spiro atoms. The lowest BCUT2D eigenvalue weighted by atomic mass is 10.1. The minimum Gasteiger partial charge on any atom is -0.465 e. The molecule has 20 heavy (non-hydrogen) atoms. The van der Waals surface area contributed by atoms with E-state index in [0.29, 0.717) is 5.56 Å². The van der Waals surface area contributed by atoms with E-state index >= 15 is 0 Å². The van der Waals surface area contributed by atoms with E-state index in [2.05, 4.69) is 10.8 Å². The maximum atomic E-state index is 11.3. The zero-order valence-electron chi connectivity index (χ0n) is 11.6. The van der Waals surface area contributed by atoms with Gasteiger partial charge in [-0.1, -0.05) is 18.2 Å². The van der Waals surface area contributed by atoms with Gasteiger partial charge in [-0.2, -0.15) is 0 Å². The molecule has 0 bridgehead atoms. The van der Waals surface area contributed by atoms with Crippen LogP contribution in [0.4, 0.5) is 5.69 Å². The van der Waals surface area contributed by atoms with E-state index in [4.69, 9.17) is 5.73 Å². The third kappa shape index (κ3) is 3.33. The van der Waals surface area contributed by atoms with E-state index in [1.807, 2.05) is 31.2 Å². The highest BCUT2D eigenvalue weighted by atomic mass is 32.2. The number of methoxy groups -OCH3 is 1. The molecule has 2 aromatic carbocycles. The summed E-state index contributed by atoms with van der Waals surface area (Å²) in [5.41, 5.74) is 9.55. The highest BCUT2D eigenvalue weighted by molar-refractivity contribution is 7.98. The molecule has 0 amide bonds. The summed E-state index contributed by atoms with van der Waals surface area (Å²) in [5, 5.41) is 0. The Morgan fingerprint density at radius 1 is 1.20 bits per heavy atom. The Labute approximate surface area is 123 Å². The molecule has 0 aromatic heterocycles. The van der Waals surface area contributed by atoms with Gasteiger partial charge in [-0.25, -0.2) is 4.79 Å². The molecule has 0 atom stereocenters. The highest BCUT2D eigenvalue weighted by Crippen LogP contribution is 2.28. The van der Waals surface area contributed by atoms with Crippen molar-refractivity contribution in [2.45, 2.75) is 17.6 Å². The number of nitrogen functional groups attached to an aromatic ring is 1. The second-order valence-corrected chi connectivity index (χ2v) is 5.46. The summed E-state index contributed by atoms with van der Waals surface area (Å²) in [6, 6.07) is 13.4. The van der Waals surface area contributed by atoms with Gasteiger partial charge in [0.2, 0.25) is 0 Å². The average molecular weight is 287 g/mol. The SMILES string of the molecule is COC(=O)c1ccc(CSc2cccc(N)c2C)cc1. The number of rotatable bonds is 4. The molecule has 104 valence electrons. The van der Waals surface area contributed by atoms with Crippen LogP contribution in [0.5, 0.6) is 0 Å². The van der Waals surface area contributed by atoms with Crippen LogP contribution in [-0.4, -0.2) is 13.1 Å². The van der Waals surface area contributed by atoms with Crippen LogP contribution in [-0.2, 0) is 10.5 Å². The lowest BCUT2D eigenvalue weighted by molar-refractivity contribution is 0.0600. The van der Waals surface area contributed by atoms with Crippen molar-refractivity contribution in [1.82, 2.24) is 0 Å². The number of anilines is 1. The number of esters is 1. The Kier molecular flexibility index (Phi) is 4.69. The van der Waals surface area contributed by atoms with E-state index in [1.165, 1.54) is 12.0 Å². The predicted octanol–water partition coefficient (Wildman–Crippen LogP) is 3.66. The van der Waals surface area contributed by atoms with Crippen molar-refractivity contribution in [2.24, 2.45) is 0 Å². The van der Waals surface area contributed by atoms with Crippen LogP contribution >= 0.6 is 11.8 Å². The summed E-state index contributed by atoms with van der Waals surface area (Å²) >= 11 is 1.74. The zero-order valence-corrected chi connectivity index (χ0v) is 12.4. The van der Waals surface area contributed by atoms with Crippen LogP contribution in [0.25, 0.3) is 0 Å². The molecule has 0 aliphatic heterocycles. The number of ether oxygens (including phenoxy) is 1. The number of thioether (sulfide) groups is 1. The molecule has 0 aliphatic carbocycles. The van der Waals surface area contributed by atoms with Gasteiger partial charge in [0, 0.05) is 16.3 Å². The van der Waals surface area contributed by atoms with Gasteiger partial charge in [0.05, 0.1) is 12.7 Å². The number of carbonyl (C=O) groups excluding carboxylic acids is 1. The number of hydrogen-bond donors (Lipinski definition) is 1. The van der Waals surface area contributed by atoms with Crippen LogP contribution in [0.3, 0.4) is 0 Å². The Morgan fingerprint density at radius 3 is 2.55 bits per heavy atom. The van der Waals surface area contributed by atoms with Crippen LogP contribution in [0.1, 0.15) is 21.5 Å². The fraction of sp³-hybridized carbons (Fsp3) is 0.188. The molecule has 0 saturated carbocycles. The molecular weight excluding hydrogens is 270 g/mol. The first-order valence-corrected chi connectivity index (χ1v) is 7.25. The molecule has 0 radical (unpaired) electrons. The number of hydrogen-bond acceptors (Lipinski definition) is 4. The fourth-order valence-electron chi connectivity index (χ4n) is 1.80. The van der Waals surface area contributed by atoms with Crippen molar-refractivity contribution < 1.29 is 9.53 Å². The van der Waals surface area contributed by atoms with Crippen molar-refractivity contribution >= 4 is 23.4 Å². The number of carbonyl (C=O) groups is 1. The van der Waals surface area contributed by atoms with Gasteiger partial charge in [-0.05, 0) is 42.3 Å². The number of nitrogens with two attached hydrogens (primary N) is 1. The maximum Gasteiger partial charge on any atom is 0.337 e. The molecular formula is C16H17NO2S. The minimum absolute atomic E-state index is 0.309. The van der Waals surface area contributed by atoms with Gasteiger partial charge in [0.15, 0.2) is 0 Å². The Balaban J connectivity index is 2.04. The topological polar surface area (TPSA) is 52.3 Å². The largest absolute Gasteiger partial charge is 0.465 e. The summed E-state index contributed by atoms with van der Waals surface area (Å²) in [5.74, 6) is 0.530. The summed E-state index contributed by atoms with van der Waals surface area (Å²) < 4.78 is 4.68. The van der Waals surface area contributed by atoms with Crippen molar-refractivity contribution in [2.75, 3.05) is 12.8 Å². The van der Waals surface area contributed by atoms with E-state index in [1.54, 1.807) is 23.9 Å². The van der Waals surface area contributed by atoms with Gasteiger partial charge < -0.3 is 10.5 Å². The van der Waals surface area contributed by atoms with Gasteiger partial charge in [-0.3, -0.25) is 0 Å². The summed E-state index contributed by atoms with van der Waals surface area (Å²) in [7, 11) is 1.38.